The zero-order valence-electron chi connectivity index (χ0n) is 13.1. The summed E-state index contributed by atoms with van der Waals surface area (Å²) in [6.07, 6.45) is 1.34. The van der Waals surface area contributed by atoms with Gasteiger partial charge in [0, 0.05) is 12.1 Å². The second kappa shape index (κ2) is 5.88. The van der Waals surface area contributed by atoms with E-state index in [1.54, 1.807) is 0 Å². The molecule has 0 saturated heterocycles. The van der Waals surface area contributed by atoms with E-state index >= 15 is 0 Å². The average molecular weight is 279 g/mol. The predicted molar refractivity (Wildman–Crippen MR) is 76.2 cm³/mol. The predicted octanol–water partition coefficient (Wildman–Crippen LogP) is 2.50. The normalized spacial score (nSPS) is 16.1. The van der Waals surface area contributed by atoms with Crippen molar-refractivity contribution in [2.45, 2.75) is 60.1 Å². The van der Waals surface area contributed by atoms with Gasteiger partial charge in [0.15, 0.2) is 0 Å². The molecule has 0 aromatic carbocycles. The number of hydrogen-bond donors (Lipinski definition) is 0. The summed E-state index contributed by atoms with van der Waals surface area (Å²) in [6.45, 7) is 14.8. The molecule has 0 heterocycles. The van der Waals surface area contributed by atoms with Crippen molar-refractivity contribution in [1.29, 1.82) is 0 Å². The molecular weight excluding hydrogens is 250 g/mol. The van der Waals surface area contributed by atoms with Crippen molar-refractivity contribution in [3.63, 3.8) is 0 Å². The van der Waals surface area contributed by atoms with E-state index in [1.807, 2.05) is 27.7 Å². The van der Waals surface area contributed by atoms with Crippen molar-refractivity contribution in [2.75, 3.05) is 19.4 Å². The second-order valence-electron chi connectivity index (χ2n) is 6.88. The molecule has 1 atom stereocenters. The minimum absolute atomic E-state index is 0.0671. The highest BCUT2D eigenvalue weighted by Crippen LogP contribution is 2.22. The van der Waals surface area contributed by atoms with Gasteiger partial charge in [-0.05, 0) is 33.1 Å². The minimum atomic E-state index is -3.20. The Morgan fingerprint density at radius 2 is 1.56 bits per heavy atom. The van der Waals surface area contributed by atoms with Crippen LogP contribution in [-0.4, -0.2) is 43.8 Å². The fourth-order valence-corrected chi connectivity index (χ4v) is 2.96. The Balaban J connectivity index is 4.50. The number of ether oxygens (including phenoxy) is 1. The molecule has 0 aromatic heterocycles. The van der Waals surface area contributed by atoms with Crippen LogP contribution in [0.3, 0.4) is 0 Å². The summed E-state index contributed by atoms with van der Waals surface area (Å²) in [5.74, 6) is 0. The number of rotatable bonds is 5. The molecule has 0 fully saturated rings. The maximum absolute atomic E-state index is 11.7. The Morgan fingerprint density at radius 3 is 1.83 bits per heavy atom. The quantitative estimate of drug-likeness (QED) is 0.777. The molecule has 0 amide bonds. The summed E-state index contributed by atoms with van der Waals surface area (Å²) in [7, 11) is -3.20. The molecule has 0 rings (SSSR count). The maximum atomic E-state index is 11.7. The SMILES string of the molecule is C[C@@H](OCCN(C(C)(C)C)S(C)(=O)=O)C(C)(C)C. The highest BCUT2D eigenvalue weighted by molar-refractivity contribution is 7.88. The molecule has 18 heavy (non-hydrogen) atoms. The molecule has 110 valence electrons. The van der Waals surface area contributed by atoms with Gasteiger partial charge in [0.2, 0.25) is 10.0 Å². The zero-order chi connectivity index (χ0) is 14.8. The first kappa shape index (κ1) is 17.9. The fraction of sp³-hybridized carbons (Fsp3) is 1.00. The summed E-state index contributed by atoms with van der Waals surface area (Å²) in [4.78, 5) is 0. The first-order chi connectivity index (χ1) is 7.76. The Kier molecular flexibility index (Phi) is 5.84. The molecule has 0 radical (unpaired) electrons. The van der Waals surface area contributed by atoms with Crippen molar-refractivity contribution < 1.29 is 13.2 Å². The van der Waals surface area contributed by atoms with Gasteiger partial charge in [-0.3, -0.25) is 0 Å². The van der Waals surface area contributed by atoms with Crippen molar-refractivity contribution in [3.8, 4) is 0 Å². The van der Waals surface area contributed by atoms with Gasteiger partial charge in [-0.2, -0.15) is 4.31 Å². The van der Waals surface area contributed by atoms with Gasteiger partial charge in [-0.25, -0.2) is 8.42 Å². The lowest BCUT2D eigenvalue weighted by atomic mass is 9.90. The van der Waals surface area contributed by atoms with E-state index in [0.717, 1.165) is 0 Å². The summed E-state index contributed by atoms with van der Waals surface area (Å²) in [6, 6.07) is 0. The third-order valence-electron chi connectivity index (χ3n) is 3.03. The molecular formula is C13H29NO3S. The molecule has 0 aliphatic carbocycles. The molecule has 0 aliphatic heterocycles. The van der Waals surface area contributed by atoms with Crippen molar-refractivity contribution >= 4 is 10.0 Å². The van der Waals surface area contributed by atoms with Crippen LogP contribution in [-0.2, 0) is 14.8 Å². The Hall–Kier alpha value is -0.130. The maximum Gasteiger partial charge on any atom is 0.211 e. The molecule has 0 aliphatic rings. The van der Waals surface area contributed by atoms with Crippen LogP contribution in [0.2, 0.25) is 0 Å². The molecule has 0 aromatic rings. The molecule has 4 nitrogen and oxygen atoms in total. The molecule has 0 bridgehead atoms. The topological polar surface area (TPSA) is 46.6 Å². The second-order valence-corrected chi connectivity index (χ2v) is 8.79. The van der Waals surface area contributed by atoms with Crippen molar-refractivity contribution in [2.24, 2.45) is 5.41 Å². The molecule has 0 N–H and O–H groups in total. The van der Waals surface area contributed by atoms with Gasteiger partial charge >= 0.3 is 0 Å². The van der Waals surface area contributed by atoms with Crippen LogP contribution in [0.1, 0.15) is 48.5 Å². The van der Waals surface area contributed by atoms with Crippen LogP contribution in [0.5, 0.6) is 0 Å². The highest BCUT2D eigenvalue weighted by atomic mass is 32.2. The average Bonchev–Trinajstić information content (AvgIpc) is 2.05. The van der Waals surface area contributed by atoms with E-state index in [-0.39, 0.29) is 11.5 Å². The molecule has 0 unspecified atom stereocenters. The summed E-state index contributed by atoms with van der Waals surface area (Å²) in [5.41, 5.74) is -0.348. The minimum Gasteiger partial charge on any atom is -0.377 e. The summed E-state index contributed by atoms with van der Waals surface area (Å²) in [5, 5.41) is 0. The first-order valence-corrected chi connectivity index (χ1v) is 8.20. The van der Waals surface area contributed by atoms with E-state index in [2.05, 4.69) is 20.8 Å². The zero-order valence-corrected chi connectivity index (χ0v) is 13.9. The first-order valence-electron chi connectivity index (χ1n) is 6.35. The lowest BCUT2D eigenvalue weighted by molar-refractivity contribution is -0.0121. The lowest BCUT2D eigenvalue weighted by Gasteiger charge is -2.34. The molecule has 5 heteroatoms. The van der Waals surface area contributed by atoms with Crippen molar-refractivity contribution in [1.82, 2.24) is 4.31 Å². The Labute approximate surface area is 113 Å². The number of sulfonamides is 1. The van der Waals surface area contributed by atoms with Gasteiger partial charge in [0.1, 0.15) is 0 Å². The highest BCUT2D eigenvalue weighted by Gasteiger charge is 2.29. The third kappa shape index (κ3) is 6.16. The largest absolute Gasteiger partial charge is 0.377 e. The van der Waals surface area contributed by atoms with Crippen LogP contribution >= 0.6 is 0 Å². The van der Waals surface area contributed by atoms with E-state index < -0.39 is 15.6 Å². The summed E-state index contributed by atoms with van der Waals surface area (Å²) >= 11 is 0. The smallest absolute Gasteiger partial charge is 0.211 e. The lowest BCUT2D eigenvalue weighted by Crippen LogP contribution is -2.47. The van der Waals surface area contributed by atoms with Gasteiger partial charge in [0.05, 0.1) is 19.0 Å². The number of hydrogen-bond acceptors (Lipinski definition) is 3. The fourth-order valence-electron chi connectivity index (χ4n) is 1.56. The van der Waals surface area contributed by atoms with Crippen LogP contribution in [0.15, 0.2) is 0 Å². The van der Waals surface area contributed by atoms with E-state index in [1.165, 1.54) is 10.6 Å². The van der Waals surface area contributed by atoms with Gasteiger partial charge < -0.3 is 4.74 Å². The van der Waals surface area contributed by atoms with E-state index in [0.29, 0.717) is 13.2 Å². The Morgan fingerprint density at radius 1 is 1.11 bits per heavy atom. The Bertz CT molecular complexity index is 349. The van der Waals surface area contributed by atoms with Gasteiger partial charge in [0.25, 0.3) is 0 Å². The third-order valence-corrected chi connectivity index (χ3v) is 4.56. The van der Waals surface area contributed by atoms with Crippen LogP contribution in [0.25, 0.3) is 0 Å². The van der Waals surface area contributed by atoms with Gasteiger partial charge in [-0.1, -0.05) is 20.8 Å². The monoisotopic (exact) mass is 279 g/mol. The van der Waals surface area contributed by atoms with E-state index in [4.69, 9.17) is 4.74 Å². The van der Waals surface area contributed by atoms with Crippen LogP contribution in [0.4, 0.5) is 0 Å². The van der Waals surface area contributed by atoms with Crippen molar-refractivity contribution in [3.05, 3.63) is 0 Å². The van der Waals surface area contributed by atoms with Crippen LogP contribution < -0.4 is 0 Å². The molecule has 0 spiro atoms. The van der Waals surface area contributed by atoms with E-state index in [9.17, 15) is 8.42 Å². The molecule has 0 saturated carbocycles. The standard InChI is InChI=1S/C13H29NO3S/c1-11(12(2,3)4)17-10-9-14(13(5,6)7)18(8,15)16/h11H,9-10H2,1-8H3/t11-/m1/s1. The number of nitrogens with zero attached hydrogens (tertiary/aromatic N) is 1. The summed E-state index contributed by atoms with van der Waals surface area (Å²) < 4.78 is 30.6. The van der Waals surface area contributed by atoms with Crippen LogP contribution in [0, 0.1) is 5.41 Å². The van der Waals surface area contributed by atoms with Gasteiger partial charge in [-0.15, -0.1) is 0 Å².